The molecule has 1 saturated heterocycles. The fourth-order valence-corrected chi connectivity index (χ4v) is 5.86. The first-order chi connectivity index (χ1) is 21.7. The highest BCUT2D eigenvalue weighted by atomic mass is 16.2. The standard InChI is InChI=1S/C32H47N7O6/c1-4-14-35-32(45)28(41)23(18-21(3)5-2)37-30(43)25-13-10-17-39(25)26(40)20-36-31(44)27(22-11-8-6-7-9-12-22)38-29(42)24-19-33-15-16-34-24/h4,15-16,19,21-23,25,27H,1,5-14,17-18,20H2,2-3H3,(H,35,45)(H,36,44)(H,37,43)(H,38,42). The summed E-state index contributed by atoms with van der Waals surface area (Å²) >= 11 is 0. The maximum absolute atomic E-state index is 13.5. The third-order valence-corrected chi connectivity index (χ3v) is 8.62. The van der Waals surface area contributed by atoms with E-state index in [9.17, 15) is 28.8 Å². The molecule has 246 valence electrons. The summed E-state index contributed by atoms with van der Waals surface area (Å²) in [7, 11) is 0. The van der Waals surface area contributed by atoms with Gasteiger partial charge in [0.2, 0.25) is 23.5 Å². The average molecular weight is 626 g/mol. The van der Waals surface area contributed by atoms with E-state index in [2.05, 4.69) is 37.8 Å². The molecule has 1 aliphatic heterocycles. The summed E-state index contributed by atoms with van der Waals surface area (Å²) in [6.45, 7) is 7.50. The molecular weight excluding hydrogens is 578 g/mol. The van der Waals surface area contributed by atoms with Crippen molar-refractivity contribution in [3.8, 4) is 0 Å². The Morgan fingerprint density at radius 2 is 1.73 bits per heavy atom. The Bertz CT molecular complexity index is 1200. The minimum atomic E-state index is -1.03. The molecule has 4 atom stereocenters. The van der Waals surface area contributed by atoms with Crippen LogP contribution in [0.2, 0.25) is 0 Å². The van der Waals surface area contributed by atoms with Crippen LogP contribution >= 0.6 is 0 Å². The molecule has 0 spiro atoms. The molecule has 2 fully saturated rings. The number of hydrogen-bond acceptors (Lipinski definition) is 8. The highest BCUT2D eigenvalue weighted by Gasteiger charge is 2.38. The second-order valence-corrected chi connectivity index (χ2v) is 11.9. The Kier molecular flexibility index (Phi) is 14.1. The molecule has 2 aliphatic rings. The Hall–Kier alpha value is -4.16. The second-order valence-electron chi connectivity index (χ2n) is 11.9. The maximum Gasteiger partial charge on any atom is 0.289 e. The normalized spacial score (nSPS) is 18.9. The van der Waals surface area contributed by atoms with Crippen molar-refractivity contribution in [2.24, 2.45) is 11.8 Å². The summed E-state index contributed by atoms with van der Waals surface area (Å²) in [5.74, 6) is -3.54. The van der Waals surface area contributed by atoms with Gasteiger partial charge in [0.15, 0.2) is 0 Å². The zero-order valence-electron chi connectivity index (χ0n) is 26.4. The molecule has 1 saturated carbocycles. The molecule has 1 aromatic rings. The van der Waals surface area contributed by atoms with Crippen LogP contribution in [0.25, 0.3) is 0 Å². The van der Waals surface area contributed by atoms with E-state index in [1.54, 1.807) is 0 Å². The topological polar surface area (TPSA) is 180 Å². The van der Waals surface area contributed by atoms with Crippen molar-refractivity contribution >= 4 is 35.3 Å². The fraction of sp³-hybridized carbons (Fsp3) is 0.625. The molecule has 45 heavy (non-hydrogen) atoms. The highest BCUT2D eigenvalue weighted by Crippen LogP contribution is 2.26. The average Bonchev–Trinajstić information content (AvgIpc) is 3.40. The van der Waals surface area contributed by atoms with Gasteiger partial charge in [0.25, 0.3) is 11.8 Å². The quantitative estimate of drug-likeness (QED) is 0.128. The molecule has 1 aliphatic carbocycles. The van der Waals surface area contributed by atoms with Gasteiger partial charge in [-0.05, 0) is 43.9 Å². The first-order valence-corrected chi connectivity index (χ1v) is 16.0. The fourth-order valence-electron chi connectivity index (χ4n) is 5.86. The van der Waals surface area contributed by atoms with Crippen LogP contribution in [0.15, 0.2) is 31.2 Å². The minimum Gasteiger partial charge on any atom is -0.346 e. The molecule has 3 rings (SSSR count). The van der Waals surface area contributed by atoms with Gasteiger partial charge in [0, 0.05) is 25.5 Å². The van der Waals surface area contributed by atoms with Gasteiger partial charge in [-0.15, -0.1) is 6.58 Å². The number of carbonyl (C=O) groups is 6. The monoisotopic (exact) mass is 625 g/mol. The van der Waals surface area contributed by atoms with Crippen LogP contribution in [0.4, 0.5) is 0 Å². The van der Waals surface area contributed by atoms with E-state index < -0.39 is 53.4 Å². The second kappa shape index (κ2) is 18.0. The Morgan fingerprint density at radius 1 is 1.00 bits per heavy atom. The van der Waals surface area contributed by atoms with Crippen molar-refractivity contribution in [1.82, 2.24) is 36.1 Å². The van der Waals surface area contributed by atoms with Crippen LogP contribution in [0.5, 0.6) is 0 Å². The molecule has 1 aromatic heterocycles. The lowest BCUT2D eigenvalue weighted by atomic mass is 9.91. The number of ketones is 1. The van der Waals surface area contributed by atoms with E-state index in [1.807, 2.05) is 13.8 Å². The van der Waals surface area contributed by atoms with Crippen LogP contribution < -0.4 is 21.3 Å². The molecule has 0 radical (unpaired) electrons. The number of Topliss-reactive ketones (excluding diaryl/α,β-unsaturated/α-hetero) is 1. The van der Waals surface area contributed by atoms with Crippen molar-refractivity contribution in [2.75, 3.05) is 19.6 Å². The summed E-state index contributed by atoms with van der Waals surface area (Å²) in [6.07, 6.45) is 13.2. The van der Waals surface area contributed by atoms with Crippen LogP contribution in [0.1, 0.15) is 88.5 Å². The molecule has 2 heterocycles. The summed E-state index contributed by atoms with van der Waals surface area (Å²) in [6, 6.07) is -2.73. The maximum atomic E-state index is 13.5. The largest absolute Gasteiger partial charge is 0.346 e. The number of nitrogens with one attached hydrogen (secondary N) is 4. The van der Waals surface area contributed by atoms with Gasteiger partial charge in [-0.25, -0.2) is 4.98 Å². The minimum absolute atomic E-state index is 0.0683. The number of aromatic nitrogens is 2. The molecule has 0 bridgehead atoms. The lowest BCUT2D eigenvalue weighted by Gasteiger charge is -2.28. The molecule has 13 heteroatoms. The van der Waals surface area contributed by atoms with Crippen molar-refractivity contribution in [3.63, 3.8) is 0 Å². The van der Waals surface area contributed by atoms with Crippen LogP contribution in [-0.2, 0) is 24.0 Å². The molecule has 13 nitrogen and oxygen atoms in total. The highest BCUT2D eigenvalue weighted by molar-refractivity contribution is 6.38. The predicted octanol–water partition coefficient (Wildman–Crippen LogP) is 1.44. The van der Waals surface area contributed by atoms with Crippen LogP contribution in [-0.4, -0.2) is 87.9 Å². The van der Waals surface area contributed by atoms with E-state index >= 15 is 0 Å². The van der Waals surface area contributed by atoms with Crippen molar-refractivity contribution in [3.05, 3.63) is 36.9 Å². The number of carbonyl (C=O) groups excluding carboxylic acids is 6. The first kappa shape index (κ1) is 35.3. The van der Waals surface area contributed by atoms with Gasteiger partial charge in [0.1, 0.15) is 17.8 Å². The predicted molar refractivity (Wildman–Crippen MR) is 166 cm³/mol. The summed E-state index contributed by atoms with van der Waals surface area (Å²) in [5.41, 5.74) is 0.0919. The number of nitrogens with zero attached hydrogens (tertiary/aromatic N) is 3. The van der Waals surface area contributed by atoms with Crippen molar-refractivity contribution in [2.45, 2.75) is 96.2 Å². The van der Waals surface area contributed by atoms with Gasteiger partial charge in [-0.1, -0.05) is 52.0 Å². The first-order valence-electron chi connectivity index (χ1n) is 16.0. The third kappa shape index (κ3) is 10.5. The zero-order valence-corrected chi connectivity index (χ0v) is 26.4. The molecular formula is C32H47N7O6. The van der Waals surface area contributed by atoms with Crippen molar-refractivity contribution in [1.29, 1.82) is 0 Å². The van der Waals surface area contributed by atoms with Crippen LogP contribution in [0, 0.1) is 11.8 Å². The molecule has 5 amide bonds. The number of amides is 5. The summed E-state index contributed by atoms with van der Waals surface area (Å²) < 4.78 is 0. The number of hydrogen-bond donors (Lipinski definition) is 4. The Balaban J connectivity index is 1.65. The molecule has 4 unspecified atom stereocenters. The van der Waals surface area contributed by atoms with E-state index in [1.165, 1.54) is 29.6 Å². The number of rotatable bonds is 15. The van der Waals surface area contributed by atoms with Gasteiger partial charge >= 0.3 is 0 Å². The Labute approximate surface area is 264 Å². The van der Waals surface area contributed by atoms with Gasteiger partial charge in [0.05, 0.1) is 18.8 Å². The van der Waals surface area contributed by atoms with Gasteiger partial charge in [-0.3, -0.25) is 33.8 Å². The zero-order chi connectivity index (χ0) is 32.8. The summed E-state index contributed by atoms with van der Waals surface area (Å²) in [4.78, 5) is 87.7. The lowest BCUT2D eigenvalue weighted by molar-refractivity contribution is -0.142. The smallest absolute Gasteiger partial charge is 0.289 e. The summed E-state index contributed by atoms with van der Waals surface area (Å²) in [5, 5.41) is 10.7. The molecule has 0 aromatic carbocycles. The van der Waals surface area contributed by atoms with E-state index in [0.717, 1.165) is 44.9 Å². The van der Waals surface area contributed by atoms with E-state index in [-0.39, 0.29) is 37.0 Å². The van der Waals surface area contributed by atoms with Crippen LogP contribution in [0.3, 0.4) is 0 Å². The van der Waals surface area contributed by atoms with Crippen molar-refractivity contribution < 1.29 is 28.8 Å². The molecule has 4 N–H and O–H groups in total. The van der Waals surface area contributed by atoms with Gasteiger partial charge < -0.3 is 26.2 Å². The lowest BCUT2D eigenvalue weighted by Crippen LogP contribution is -2.56. The van der Waals surface area contributed by atoms with Gasteiger partial charge in [-0.2, -0.15) is 0 Å². The van der Waals surface area contributed by atoms with E-state index in [0.29, 0.717) is 19.4 Å². The van der Waals surface area contributed by atoms with E-state index in [4.69, 9.17) is 0 Å². The SMILES string of the molecule is C=CCNC(=O)C(=O)C(CC(C)CC)NC(=O)C1CCCN1C(=O)CNC(=O)C(NC(=O)c1cnccn1)C1CCCCCC1. The third-order valence-electron chi connectivity index (χ3n) is 8.62. The number of likely N-dealkylation sites (tertiary alicyclic amines) is 1. The Morgan fingerprint density at radius 3 is 2.38 bits per heavy atom.